The van der Waals surface area contributed by atoms with Crippen molar-refractivity contribution in [2.75, 3.05) is 5.75 Å². The van der Waals surface area contributed by atoms with Gasteiger partial charge in [-0.25, -0.2) is 0 Å². The fourth-order valence-corrected chi connectivity index (χ4v) is 5.56. The van der Waals surface area contributed by atoms with Crippen molar-refractivity contribution < 1.29 is 22.9 Å². The van der Waals surface area contributed by atoms with E-state index < -0.39 is 28.0 Å². The van der Waals surface area contributed by atoms with Gasteiger partial charge in [-0.1, -0.05) is 137 Å². The Morgan fingerprint density at radius 3 is 1.60 bits per heavy atom. The molecule has 0 heterocycles. The minimum atomic E-state index is -4.37. The number of unbranched alkanes of at least 4 members (excludes halogenated alkanes) is 11. The van der Waals surface area contributed by atoms with Crippen molar-refractivity contribution in [1.82, 2.24) is 5.32 Å². The first-order valence-corrected chi connectivity index (χ1v) is 19.9. The van der Waals surface area contributed by atoms with E-state index in [1.165, 1.54) is 51.0 Å². The molecule has 1 amide bonds. The maximum absolute atomic E-state index is 12.4. The van der Waals surface area contributed by atoms with Crippen LogP contribution < -0.4 is 5.32 Å². The summed E-state index contributed by atoms with van der Waals surface area (Å²) in [4.78, 5) is 12.4. The molecule has 3 N–H and O–H groups in total. The van der Waals surface area contributed by atoms with Crippen LogP contribution >= 0.6 is 0 Å². The molecule has 0 spiro atoms. The van der Waals surface area contributed by atoms with Crippen LogP contribution in [0.2, 0.25) is 0 Å². The zero-order chi connectivity index (χ0) is 34.7. The van der Waals surface area contributed by atoms with Crippen molar-refractivity contribution in [3.8, 4) is 0 Å². The van der Waals surface area contributed by atoms with Gasteiger partial charge in [0.2, 0.25) is 5.91 Å². The third kappa shape index (κ3) is 34.7. The molecule has 2 atom stereocenters. The van der Waals surface area contributed by atoms with Crippen LogP contribution in [0.3, 0.4) is 0 Å². The van der Waals surface area contributed by atoms with Gasteiger partial charge in [0.25, 0.3) is 10.1 Å². The Bertz CT molecular complexity index is 1050. The molecule has 268 valence electrons. The smallest absolute Gasteiger partial charge is 0.267 e. The summed E-state index contributed by atoms with van der Waals surface area (Å²) in [5.41, 5.74) is 0. The quantitative estimate of drug-likeness (QED) is 0.0386. The Hall–Kier alpha value is -2.48. The number of amides is 1. The first kappa shape index (κ1) is 44.5. The van der Waals surface area contributed by atoms with Gasteiger partial charge in [-0.05, 0) is 83.5 Å². The van der Waals surface area contributed by atoms with E-state index in [2.05, 4.69) is 92.1 Å². The Morgan fingerprint density at radius 1 is 0.596 bits per heavy atom. The maximum atomic E-state index is 12.4. The van der Waals surface area contributed by atoms with Crippen molar-refractivity contribution in [1.29, 1.82) is 0 Å². The standard InChI is InChI=1S/C40H67NO5S/c1-3-5-7-9-11-13-15-17-19-20-22-23-25-27-29-31-33-35-39(42)38(37-47(44,45)46)41-40(43)36-34-32-30-28-26-24-21-18-16-14-12-10-8-6-4-2/h6,8,12,14,18-21,25-28,33,35,38-39,42H,3-5,7,9-11,13,15-17,22-24,29-32,34,36-37H2,1-2H3,(H,41,43)(H,44,45,46)/b8-6-,14-12-,20-19+,21-18-,27-25+,28-26-,35-33+. The van der Waals surface area contributed by atoms with Crippen LogP contribution in [-0.4, -0.2) is 41.9 Å². The molecular weight excluding hydrogens is 607 g/mol. The lowest BCUT2D eigenvalue weighted by Crippen LogP contribution is -2.46. The van der Waals surface area contributed by atoms with Crippen molar-refractivity contribution in [2.24, 2.45) is 0 Å². The number of allylic oxidation sites excluding steroid dienone is 13. The van der Waals surface area contributed by atoms with Crippen LogP contribution in [0.25, 0.3) is 0 Å². The van der Waals surface area contributed by atoms with E-state index in [1.807, 2.05) is 0 Å². The molecule has 2 unspecified atom stereocenters. The molecule has 47 heavy (non-hydrogen) atoms. The largest absolute Gasteiger partial charge is 0.387 e. The van der Waals surface area contributed by atoms with Crippen molar-refractivity contribution in [2.45, 2.75) is 154 Å². The summed E-state index contributed by atoms with van der Waals surface area (Å²) in [7, 11) is -4.37. The highest BCUT2D eigenvalue weighted by Crippen LogP contribution is 2.10. The number of hydrogen-bond donors (Lipinski definition) is 3. The zero-order valence-corrected chi connectivity index (χ0v) is 30.4. The van der Waals surface area contributed by atoms with Crippen LogP contribution in [0.5, 0.6) is 0 Å². The minimum Gasteiger partial charge on any atom is -0.387 e. The molecule has 0 aliphatic carbocycles. The summed E-state index contributed by atoms with van der Waals surface area (Å²) >= 11 is 0. The first-order valence-electron chi connectivity index (χ1n) is 18.3. The molecule has 0 aliphatic heterocycles. The zero-order valence-electron chi connectivity index (χ0n) is 29.6. The molecule has 0 aromatic carbocycles. The molecule has 0 saturated heterocycles. The predicted molar refractivity (Wildman–Crippen MR) is 202 cm³/mol. The van der Waals surface area contributed by atoms with Crippen molar-refractivity contribution in [3.05, 3.63) is 85.1 Å². The van der Waals surface area contributed by atoms with E-state index in [9.17, 15) is 22.9 Å². The first-order chi connectivity index (χ1) is 22.8. The van der Waals surface area contributed by atoms with Gasteiger partial charge in [0.15, 0.2) is 0 Å². The predicted octanol–water partition coefficient (Wildman–Crippen LogP) is 10.5. The number of rotatable bonds is 31. The maximum Gasteiger partial charge on any atom is 0.267 e. The van der Waals surface area contributed by atoms with Gasteiger partial charge in [-0.15, -0.1) is 0 Å². The average Bonchev–Trinajstić information content (AvgIpc) is 3.03. The molecule has 0 rings (SSSR count). The highest BCUT2D eigenvalue weighted by atomic mass is 32.2. The van der Waals surface area contributed by atoms with Gasteiger partial charge in [-0.3, -0.25) is 9.35 Å². The lowest BCUT2D eigenvalue weighted by atomic mass is 10.1. The summed E-state index contributed by atoms with van der Waals surface area (Å²) < 4.78 is 32.4. The molecule has 0 radical (unpaired) electrons. The van der Waals surface area contributed by atoms with Crippen LogP contribution in [0, 0.1) is 0 Å². The highest BCUT2D eigenvalue weighted by Gasteiger charge is 2.24. The summed E-state index contributed by atoms with van der Waals surface area (Å²) in [5, 5.41) is 13.1. The third-order valence-corrected chi connectivity index (χ3v) is 8.31. The van der Waals surface area contributed by atoms with E-state index >= 15 is 0 Å². The fraction of sp³-hybridized carbons (Fsp3) is 0.625. The summed E-state index contributed by atoms with van der Waals surface area (Å²) in [6.07, 6.45) is 48.5. The van der Waals surface area contributed by atoms with Gasteiger partial charge in [0.05, 0.1) is 17.9 Å². The van der Waals surface area contributed by atoms with E-state index in [0.717, 1.165) is 64.2 Å². The second-order valence-corrected chi connectivity index (χ2v) is 13.6. The Labute approximate surface area is 288 Å². The fourth-order valence-electron chi connectivity index (χ4n) is 4.82. The van der Waals surface area contributed by atoms with Gasteiger partial charge in [0.1, 0.15) is 0 Å². The number of hydrogen-bond acceptors (Lipinski definition) is 4. The summed E-state index contributed by atoms with van der Waals surface area (Å²) in [6, 6.07) is -1.11. The topological polar surface area (TPSA) is 104 Å². The number of aliphatic hydroxyl groups excluding tert-OH is 1. The summed E-state index contributed by atoms with van der Waals surface area (Å²) in [6.45, 7) is 4.38. The monoisotopic (exact) mass is 673 g/mol. The summed E-state index contributed by atoms with van der Waals surface area (Å²) in [5.74, 6) is -1.07. The molecule has 0 fully saturated rings. The van der Waals surface area contributed by atoms with Gasteiger partial charge in [-0.2, -0.15) is 8.42 Å². The van der Waals surface area contributed by atoms with Gasteiger partial charge in [0, 0.05) is 6.42 Å². The van der Waals surface area contributed by atoms with Crippen LogP contribution in [0.15, 0.2) is 85.1 Å². The average molecular weight is 674 g/mol. The lowest BCUT2D eigenvalue weighted by Gasteiger charge is -2.21. The van der Waals surface area contributed by atoms with E-state index in [4.69, 9.17) is 0 Å². The molecule has 0 aliphatic rings. The number of carbonyl (C=O) groups is 1. The van der Waals surface area contributed by atoms with Crippen LogP contribution in [-0.2, 0) is 14.9 Å². The second-order valence-electron chi connectivity index (χ2n) is 12.1. The van der Waals surface area contributed by atoms with Crippen molar-refractivity contribution >= 4 is 16.0 Å². The number of nitrogens with one attached hydrogen (secondary N) is 1. The third-order valence-electron chi connectivity index (χ3n) is 7.53. The normalized spacial score (nSPS) is 14.4. The highest BCUT2D eigenvalue weighted by molar-refractivity contribution is 7.85. The van der Waals surface area contributed by atoms with Crippen LogP contribution in [0.1, 0.15) is 142 Å². The SMILES string of the molecule is CC/C=C\C/C=C\C/C=C\C/C=C\CCCCC(=O)NC(CS(=O)(=O)O)C(O)/C=C/CC/C=C/CC/C=C/CCCCCCCCC. The van der Waals surface area contributed by atoms with Gasteiger partial charge >= 0.3 is 0 Å². The Kier molecular flexibility index (Phi) is 31.7. The molecule has 0 saturated carbocycles. The Morgan fingerprint density at radius 2 is 1.04 bits per heavy atom. The molecule has 0 aromatic heterocycles. The molecule has 0 bridgehead atoms. The van der Waals surface area contributed by atoms with Crippen LogP contribution in [0.4, 0.5) is 0 Å². The lowest BCUT2D eigenvalue weighted by molar-refractivity contribution is -0.122. The Balaban J connectivity index is 4.18. The minimum absolute atomic E-state index is 0.227. The van der Waals surface area contributed by atoms with E-state index in [0.29, 0.717) is 12.8 Å². The second kappa shape index (κ2) is 33.4. The number of carbonyl (C=O) groups excluding carboxylic acids is 1. The molecule has 6 nitrogen and oxygen atoms in total. The van der Waals surface area contributed by atoms with Crippen molar-refractivity contribution in [3.63, 3.8) is 0 Å². The van der Waals surface area contributed by atoms with E-state index in [-0.39, 0.29) is 12.3 Å². The molecular formula is C40H67NO5S. The van der Waals surface area contributed by atoms with E-state index in [1.54, 1.807) is 6.08 Å². The molecule has 0 aromatic rings. The number of aliphatic hydroxyl groups is 1. The van der Waals surface area contributed by atoms with Gasteiger partial charge < -0.3 is 10.4 Å². The molecule has 7 heteroatoms.